The molecular weight excluding hydrogens is 279 g/mol. The number of amidine groups is 2. The van der Waals surface area contributed by atoms with Crippen molar-refractivity contribution in [3.05, 3.63) is 11.6 Å². The van der Waals surface area contributed by atoms with E-state index in [1.807, 2.05) is 27.7 Å². The third-order valence-electron chi connectivity index (χ3n) is 3.71. The van der Waals surface area contributed by atoms with Gasteiger partial charge >= 0.3 is 6.18 Å². The van der Waals surface area contributed by atoms with Gasteiger partial charge in [-0.05, 0) is 25.2 Å². The van der Waals surface area contributed by atoms with Crippen molar-refractivity contribution in [3.63, 3.8) is 0 Å². The molecule has 2 atom stereocenters. The summed E-state index contributed by atoms with van der Waals surface area (Å²) in [6.45, 7) is 7.65. The van der Waals surface area contributed by atoms with Gasteiger partial charge in [-0.25, -0.2) is 4.99 Å². The second kappa shape index (κ2) is 7.09. The summed E-state index contributed by atoms with van der Waals surface area (Å²) < 4.78 is 39.7. The Morgan fingerprint density at radius 1 is 1.43 bits per heavy atom. The van der Waals surface area contributed by atoms with E-state index >= 15 is 0 Å². The van der Waals surface area contributed by atoms with Crippen molar-refractivity contribution in [1.29, 1.82) is 0 Å². The number of rotatable bonds is 3. The quantitative estimate of drug-likeness (QED) is 0.838. The summed E-state index contributed by atoms with van der Waals surface area (Å²) >= 11 is 0. The maximum Gasteiger partial charge on any atom is 0.419 e. The molecule has 0 saturated heterocycles. The molecule has 2 N–H and O–H groups in total. The third-order valence-corrected chi connectivity index (χ3v) is 3.71. The molecule has 1 aliphatic heterocycles. The fourth-order valence-electron chi connectivity index (χ4n) is 2.22. The fraction of sp³-hybridized carbons (Fsp3) is 0.733. The highest BCUT2D eigenvalue weighted by Gasteiger charge is 2.38. The van der Waals surface area contributed by atoms with Crippen LogP contribution >= 0.6 is 0 Å². The second-order valence-corrected chi connectivity index (χ2v) is 5.80. The molecule has 0 saturated carbocycles. The molecule has 0 aromatic rings. The minimum atomic E-state index is -4.46. The summed E-state index contributed by atoms with van der Waals surface area (Å²) in [6.07, 6.45) is -1.72. The largest absolute Gasteiger partial charge is 0.419 e. The Morgan fingerprint density at radius 2 is 2.05 bits per heavy atom. The Hall–Kier alpha value is -1.33. The van der Waals surface area contributed by atoms with Crippen LogP contribution in [0.15, 0.2) is 21.6 Å². The van der Waals surface area contributed by atoms with E-state index in [1.165, 1.54) is 6.08 Å². The van der Waals surface area contributed by atoms with Crippen molar-refractivity contribution in [2.45, 2.75) is 59.2 Å². The van der Waals surface area contributed by atoms with Crippen molar-refractivity contribution >= 4 is 11.7 Å². The normalized spacial score (nSPS) is 26.9. The van der Waals surface area contributed by atoms with Crippen molar-refractivity contribution in [1.82, 2.24) is 0 Å². The van der Waals surface area contributed by atoms with Gasteiger partial charge in [0.25, 0.3) is 0 Å². The number of aliphatic imine (C=N–C) groups is 2. The van der Waals surface area contributed by atoms with E-state index in [-0.39, 0.29) is 29.5 Å². The molecule has 6 heteroatoms. The van der Waals surface area contributed by atoms with E-state index in [0.717, 1.165) is 0 Å². The molecule has 0 aromatic carbocycles. The fourth-order valence-corrected chi connectivity index (χ4v) is 2.22. The van der Waals surface area contributed by atoms with E-state index in [2.05, 4.69) is 9.98 Å². The highest BCUT2D eigenvalue weighted by Crippen LogP contribution is 2.30. The summed E-state index contributed by atoms with van der Waals surface area (Å²) in [5.41, 5.74) is 5.04. The van der Waals surface area contributed by atoms with Crippen LogP contribution in [-0.4, -0.2) is 23.9 Å². The van der Waals surface area contributed by atoms with E-state index in [9.17, 15) is 13.2 Å². The predicted molar refractivity (Wildman–Crippen MR) is 80.5 cm³/mol. The van der Waals surface area contributed by atoms with Gasteiger partial charge in [0.2, 0.25) is 0 Å². The van der Waals surface area contributed by atoms with Crippen molar-refractivity contribution in [3.8, 4) is 0 Å². The molecule has 0 bridgehead atoms. The summed E-state index contributed by atoms with van der Waals surface area (Å²) in [5, 5.41) is 0. The maximum absolute atomic E-state index is 13.2. The Bertz CT molecular complexity index is 448. The minimum absolute atomic E-state index is 0.0413. The predicted octanol–water partition coefficient (Wildman–Crippen LogP) is 4.10. The Labute approximate surface area is 124 Å². The summed E-state index contributed by atoms with van der Waals surface area (Å²) in [5.74, 6) is 0.0611. The zero-order chi connectivity index (χ0) is 16.2. The summed E-state index contributed by atoms with van der Waals surface area (Å²) in [4.78, 5) is 8.24. The van der Waals surface area contributed by atoms with Crippen LogP contribution in [0.4, 0.5) is 13.2 Å². The number of allylic oxidation sites excluding steroid dienone is 1. The molecular formula is C15H24F3N3. The van der Waals surface area contributed by atoms with Crippen LogP contribution in [0.3, 0.4) is 0 Å². The molecule has 0 amide bonds. The van der Waals surface area contributed by atoms with E-state index < -0.39 is 11.7 Å². The number of hydrogen-bond donors (Lipinski definition) is 1. The standard InChI is InChI=1S/C15H24F3N3/c1-5-12(9(2)3)20-14-11(15(16,17)18)8-6-7-10(4)13(19)21-14/h8-10,12H,5-7H2,1-4H3,(H2,19,20,21)/b11-8+. The first-order valence-electron chi connectivity index (χ1n) is 7.36. The van der Waals surface area contributed by atoms with Crippen molar-refractivity contribution < 1.29 is 13.2 Å². The average molecular weight is 303 g/mol. The van der Waals surface area contributed by atoms with Crippen LogP contribution < -0.4 is 5.73 Å². The number of alkyl halides is 3. The van der Waals surface area contributed by atoms with Gasteiger partial charge in [0.15, 0.2) is 5.84 Å². The van der Waals surface area contributed by atoms with Gasteiger partial charge in [-0.15, -0.1) is 0 Å². The molecule has 1 heterocycles. The second-order valence-electron chi connectivity index (χ2n) is 5.80. The van der Waals surface area contributed by atoms with Gasteiger partial charge in [-0.2, -0.15) is 13.2 Å². The van der Waals surface area contributed by atoms with E-state index in [4.69, 9.17) is 5.73 Å². The summed E-state index contributed by atoms with van der Waals surface area (Å²) in [7, 11) is 0. The Morgan fingerprint density at radius 3 is 2.52 bits per heavy atom. The highest BCUT2D eigenvalue weighted by atomic mass is 19.4. The molecule has 21 heavy (non-hydrogen) atoms. The molecule has 1 rings (SSSR count). The lowest BCUT2D eigenvalue weighted by molar-refractivity contribution is -0.0864. The van der Waals surface area contributed by atoms with Gasteiger partial charge in [0.05, 0.1) is 11.6 Å². The van der Waals surface area contributed by atoms with Crippen molar-refractivity contribution in [2.24, 2.45) is 27.6 Å². The summed E-state index contributed by atoms with van der Waals surface area (Å²) in [6, 6.07) is -0.197. The average Bonchev–Trinajstić information content (AvgIpc) is 2.35. The SMILES string of the molecule is CCC(N=C1N=C(N)C(C)CC/C=C\1C(F)(F)F)C(C)C. The molecule has 0 radical (unpaired) electrons. The lowest BCUT2D eigenvalue weighted by Gasteiger charge is -2.21. The van der Waals surface area contributed by atoms with Crippen LogP contribution in [0.2, 0.25) is 0 Å². The maximum atomic E-state index is 13.2. The van der Waals surface area contributed by atoms with Gasteiger partial charge in [0, 0.05) is 5.92 Å². The first-order valence-corrected chi connectivity index (χ1v) is 7.36. The molecule has 0 aliphatic carbocycles. The highest BCUT2D eigenvalue weighted by molar-refractivity contribution is 6.07. The lowest BCUT2D eigenvalue weighted by atomic mass is 9.99. The molecule has 1 aliphatic rings. The zero-order valence-electron chi connectivity index (χ0n) is 13.0. The number of hydrogen-bond acceptors (Lipinski definition) is 2. The van der Waals surface area contributed by atoms with Crippen LogP contribution in [0.25, 0.3) is 0 Å². The Kier molecular flexibility index (Phi) is 5.98. The molecule has 0 aromatic heterocycles. The van der Waals surface area contributed by atoms with Crippen molar-refractivity contribution in [2.75, 3.05) is 0 Å². The van der Waals surface area contributed by atoms with Crippen LogP contribution in [0, 0.1) is 11.8 Å². The third kappa shape index (κ3) is 4.86. The van der Waals surface area contributed by atoms with Gasteiger partial charge in [-0.1, -0.05) is 33.8 Å². The van der Waals surface area contributed by atoms with Gasteiger partial charge in [0.1, 0.15) is 5.84 Å². The van der Waals surface area contributed by atoms with E-state index in [0.29, 0.717) is 19.3 Å². The first-order chi connectivity index (χ1) is 9.66. The van der Waals surface area contributed by atoms with E-state index in [1.54, 1.807) is 0 Å². The minimum Gasteiger partial charge on any atom is -0.387 e. The molecule has 2 unspecified atom stereocenters. The molecule has 0 spiro atoms. The number of nitrogens with zero attached hydrogens (tertiary/aromatic N) is 2. The number of nitrogens with two attached hydrogens (primary N) is 1. The van der Waals surface area contributed by atoms with Gasteiger partial charge < -0.3 is 5.73 Å². The van der Waals surface area contributed by atoms with Crippen LogP contribution in [0.5, 0.6) is 0 Å². The first kappa shape index (κ1) is 17.7. The number of halogens is 3. The molecule has 3 nitrogen and oxygen atoms in total. The monoisotopic (exact) mass is 303 g/mol. The van der Waals surface area contributed by atoms with Gasteiger partial charge in [-0.3, -0.25) is 4.99 Å². The van der Waals surface area contributed by atoms with Crippen LogP contribution in [-0.2, 0) is 0 Å². The lowest BCUT2D eigenvalue weighted by Crippen LogP contribution is -2.29. The van der Waals surface area contributed by atoms with Crippen LogP contribution in [0.1, 0.15) is 47.0 Å². The zero-order valence-corrected chi connectivity index (χ0v) is 13.0. The topological polar surface area (TPSA) is 50.7 Å². The molecule has 120 valence electrons. The molecule has 0 fully saturated rings. The smallest absolute Gasteiger partial charge is 0.387 e. The Balaban J connectivity index is 3.33.